The summed E-state index contributed by atoms with van der Waals surface area (Å²) in [5.74, 6) is -1.50. The van der Waals surface area contributed by atoms with E-state index in [1.54, 1.807) is 18.2 Å². The van der Waals surface area contributed by atoms with Crippen LogP contribution in [0.4, 0.5) is 0 Å². The Kier molecular flexibility index (Phi) is 9.29. The topological polar surface area (TPSA) is 98.5 Å². The van der Waals surface area contributed by atoms with Crippen molar-refractivity contribution in [2.24, 2.45) is 5.73 Å². The van der Waals surface area contributed by atoms with E-state index < -0.39 is 23.8 Å². The number of primary amides is 1. The molecule has 1 atom stereocenters. The van der Waals surface area contributed by atoms with Gasteiger partial charge in [0.2, 0.25) is 5.91 Å². The molecule has 0 aliphatic rings. The fraction of sp³-hybridized carbons (Fsp3) is 0.526. The number of unbranched alkanes of at least 4 members (excludes halogenated alkanes) is 5. The van der Waals surface area contributed by atoms with Gasteiger partial charge < -0.3 is 15.8 Å². The Morgan fingerprint density at radius 3 is 2.36 bits per heavy atom. The van der Waals surface area contributed by atoms with E-state index in [0.717, 1.165) is 19.3 Å². The van der Waals surface area contributed by atoms with E-state index >= 15 is 0 Å². The van der Waals surface area contributed by atoms with Crippen molar-refractivity contribution in [1.82, 2.24) is 5.32 Å². The molecule has 0 spiro atoms. The SMILES string of the molecule is CCCCCCCC[C@@H](NC(=O)c1cccc(C(=O)OC)c1)C(N)=O. The van der Waals surface area contributed by atoms with Crippen molar-refractivity contribution in [2.45, 2.75) is 57.9 Å². The van der Waals surface area contributed by atoms with Gasteiger partial charge in [-0.1, -0.05) is 51.5 Å². The smallest absolute Gasteiger partial charge is 0.337 e. The van der Waals surface area contributed by atoms with Crippen LogP contribution in [0.5, 0.6) is 0 Å². The molecule has 1 rings (SSSR count). The summed E-state index contributed by atoms with van der Waals surface area (Å²) in [6.07, 6.45) is 7.07. The van der Waals surface area contributed by atoms with Gasteiger partial charge in [-0.25, -0.2) is 4.79 Å². The minimum Gasteiger partial charge on any atom is -0.465 e. The molecule has 0 saturated carbocycles. The summed E-state index contributed by atoms with van der Waals surface area (Å²) in [5, 5.41) is 2.65. The van der Waals surface area contributed by atoms with Crippen LogP contribution in [-0.2, 0) is 9.53 Å². The van der Waals surface area contributed by atoms with Crippen molar-refractivity contribution in [2.75, 3.05) is 7.11 Å². The van der Waals surface area contributed by atoms with Crippen molar-refractivity contribution in [3.8, 4) is 0 Å². The molecule has 1 aromatic carbocycles. The largest absolute Gasteiger partial charge is 0.465 e. The number of carbonyl (C=O) groups excluding carboxylic acids is 3. The standard InChI is InChI=1S/C19H28N2O4/c1-3-4-5-6-7-8-12-16(17(20)22)21-18(23)14-10-9-11-15(13-14)19(24)25-2/h9-11,13,16H,3-8,12H2,1-2H3,(H2,20,22)(H,21,23)/t16-/m1/s1. The summed E-state index contributed by atoms with van der Waals surface area (Å²) in [6.45, 7) is 2.16. The van der Waals surface area contributed by atoms with Crippen LogP contribution in [0.2, 0.25) is 0 Å². The van der Waals surface area contributed by atoms with Crippen LogP contribution in [-0.4, -0.2) is 30.9 Å². The fourth-order valence-electron chi connectivity index (χ4n) is 2.56. The highest BCUT2D eigenvalue weighted by Crippen LogP contribution is 2.10. The normalized spacial score (nSPS) is 11.6. The lowest BCUT2D eigenvalue weighted by atomic mass is 10.0. The monoisotopic (exact) mass is 348 g/mol. The zero-order chi connectivity index (χ0) is 18.7. The number of methoxy groups -OCH3 is 1. The van der Waals surface area contributed by atoms with Crippen molar-refractivity contribution in [3.63, 3.8) is 0 Å². The third-order valence-electron chi connectivity index (χ3n) is 4.04. The first-order valence-electron chi connectivity index (χ1n) is 8.78. The Balaban J connectivity index is 2.58. The summed E-state index contributed by atoms with van der Waals surface area (Å²) in [5.41, 5.74) is 5.97. The second-order valence-corrected chi connectivity index (χ2v) is 6.06. The summed E-state index contributed by atoms with van der Waals surface area (Å²) in [7, 11) is 1.28. The number of nitrogens with one attached hydrogen (secondary N) is 1. The van der Waals surface area contributed by atoms with Crippen LogP contribution in [0.1, 0.15) is 72.6 Å². The maximum atomic E-state index is 12.3. The molecular formula is C19H28N2O4. The predicted octanol–water partition coefficient (Wildman–Crippen LogP) is 2.81. The first kappa shape index (κ1) is 20.7. The van der Waals surface area contributed by atoms with Gasteiger partial charge in [0, 0.05) is 5.56 Å². The third kappa shape index (κ3) is 7.37. The second kappa shape index (κ2) is 11.2. The molecule has 0 aliphatic carbocycles. The quantitative estimate of drug-likeness (QED) is 0.474. The van der Waals surface area contributed by atoms with E-state index in [2.05, 4.69) is 17.0 Å². The van der Waals surface area contributed by atoms with E-state index in [1.807, 2.05) is 0 Å². The number of carbonyl (C=O) groups is 3. The molecule has 0 bridgehead atoms. The Hall–Kier alpha value is -2.37. The molecule has 0 aromatic heterocycles. The number of esters is 1. The molecular weight excluding hydrogens is 320 g/mol. The van der Waals surface area contributed by atoms with Gasteiger partial charge >= 0.3 is 5.97 Å². The van der Waals surface area contributed by atoms with Crippen LogP contribution < -0.4 is 11.1 Å². The maximum absolute atomic E-state index is 12.3. The van der Waals surface area contributed by atoms with Gasteiger partial charge in [0.05, 0.1) is 12.7 Å². The molecule has 138 valence electrons. The number of hydrogen-bond donors (Lipinski definition) is 2. The number of ether oxygens (including phenoxy) is 1. The van der Waals surface area contributed by atoms with Crippen molar-refractivity contribution >= 4 is 17.8 Å². The van der Waals surface area contributed by atoms with Gasteiger partial charge in [-0.2, -0.15) is 0 Å². The lowest BCUT2D eigenvalue weighted by Gasteiger charge is -2.15. The zero-order valence-electron chi connectivity index (χ0n) is 15.0. The molecule has 0 unspecified atom stereocenters. The van der Waals surface area contributed by atoms with Gasteiger partial charge in [0.15, 0.2) is 0 Å². The summed E-state index contributed by atoms with van der Waals surface area (Å²) < 4.78 is 4.64. The second-order valence-electron chi connectivity index (χ2n) is 6.06. The zero-order valence-corrected chi connectivity index (χ0v) is 15.0. The molecule has 0 saturated heterocycles. The number of benzene rings is 1. The fourth-order valence-corrected chi connectivity index (χ4v) is 2.56. The van der Waals surface area contributed by atoms with Gasteiger partial charge in [-0.15, -0.1) is 0 Å². The Morgan fingerprint density at radius 1 is 1.08 bits per heavy atom. The van der Waals surface area contributed by atoms with Gasteiger partial charge in [0.1, 0.15) is 6.04 Å². The van der Waals surface area contributed by atoms with Crippen LogP contribution in [0, 0.1) is 0 Å². The van der Waals surface area contributed by atoms with Crippen molar-refractivity contribution < 1.29 is 19.1 Å². The Bertz CT molecular complexity index is 587. The molecule has 0 aliphatic heterocycles. The summed E-state index contributed by atoms with van der Waals surface area (Å²) in [6, 6.07) is 5.45. The minimum atomic E-state index is -0.708. The Morgan fingerprint density at radius 2 is 1.72 bits per heavy atom. The first-order chi connectivity index (χ1) is 12.0. The predicted molar refractivity (Wildman–Crippen MR) is 96.2 cm³/mol. The lowest BCUT2D eigenvalue weighted by Crippen LogP contribution is -2.44. The number of amides is 2. The van der Waals surface area contributed by atoms with E-state index in [-0.39, 0.29) is 11.1 Å². The van der Waals surface area contributed by atoms with Gasteiger partial charge in [0.25, 0.3) is 5.91 Å². The van der Waals surface area contributed by atoms with Crippen molar-refractivity contribution in [1.29, 1.82) is 0 Å². The highest BCUT2D eigenvalue weighted by molar-refractivity contribution is 5.99. The maximum Gasteiger partial charge on any atom is 0.337 e. The van der Waals surface area contributed by atoms with Crippen LogP contribution >= 0.6 is 0 Å². The van der Waals surface area contributed by atoms with Crippen LogP contribution in [0.15, 0.2) is 24.3 Å². The number of rotatable bonds is 11. The number of hydrogen-bond acceptors (Lipinski definition) is 4. The molecule has 0 fully saturated rings. The molecule has 6 heteroatoms. The third-order valence-corrected chi connectivity index (χ3v) is 4.04. The minimum absolute atomic E-state index is 0.279. The highest BCUT2D eigenvalue weighted by Gasteiger charge is 2.19. The first-order valence-corrected chi connectivity index (χ1v) is 8.78. The highest BCUT2D eigenvalue weighted by atomic mass is 16.5. The molecule has 3 N–H and O–H groups in total. The lowest BCUT2D eigenvalue weighted by molar-refractivity contribution is -0.120. The average molecular weight is 348 g/mol. The molecule has 0 heterocycles. The van der Waals surface area contributed by atoms with E-state index in [9.17, 15) is 14.4 Å². The molecule has 2 amide bonds. The van der Waals surface area contributed by atoms with Crippen LogP contribution in [0.3, 0.4) is 0 Å². The Labute approximate surface area is 149 Å². The van der Waals surface area contributed by atoms with E-state index in [1.165, 1.54) is 32.4 Å². The summed E-state index contributed by atoms with van der Waals surface area (Å²) >= 11 is 0. The number of nitrogens with two attached hydrogens (primary N) is 1. The van der Waals surface area contributed by atoms with Crippen molar-refractivity contribution in [3.05, 3.63) is 35.4 Å². The van der Waals surface area contributed by atoms with Gasteiger partial charge in [-0.05, 0) is 24.6 Å². The van der Waals surface area contributed by atoms with E-state index in [0.29, 0.717) is 6.42 Å². The van der Waals surface area contributed by atoms with E-state index in [4.69, 9.17) is 5.73 Å². The molecule has 1 aromatic rings. The molecule has 0 radical (unpaired) electrons. The van der Waals surface area contributed by atoms with Gasteiger partial charge in [-0.3, -0.25) is 9.59 Å². The van der Waals surface area contributed by atoms with Crippen LogP contribution in [0.25, 0.3) is 0 Å². The molecule has 25 heavy (non-hydrogen) atoms. The molecule has 6 nitrogen and oxygen atoms in total. The summed E-state index contributed by atoms with van der Waals surface area (Å²) in [4.78, 5) is 35.5. The average Bonchev–Trinajstić information content (AvgIpc) is 2.62.